The van der Waals surface area contributed by atoms with Crippen LogP contribution in [0.3, 0.4) is 0 Å². The van der Waals surface area contributed by atoms with Gasteiger partial charge in [0.2, 0.25) is 5.88 Å². The molecule has 4 aromatic rings. The first-order valence-electron chi connectivity index (χ1n) is 13.1. The van der Waals surface area contributed by atoms with E-state index in [-0.39, 0.29) is 17.8 Å². The monoisotopic (exact) mass is 513 g/mol. The summed E-state index contributed by atoms with van der Waals surface area (Å²) >= 11 is 0. The fraction of sp³-hybridized carbons (Fsp3) is 0.290. The number of aryl methyl sites for hydroxylation is 2. The van der Waals surface area contributed by atoms with Gasteiger partial charge in [0.1, 0.15) is 11.6 Å². The summed E-state index contributed by atoms with van der Waals surface area (Å²) in [5, 5.41) is 4.86. The van der Waals surface area contributed by atoms with E-state index in [4.69, 9.17) is 14.6 Å². The van der Waals surface area contributed by atoms with Gasteiger partial charge >= 0.3 is 0 Å². The number of aromatic nitrogens is 2. The molecule has 1 aromatic heterocycles. The summed E-state index contributed by atoms with van der Waals surface area (Å²) in [5.41, 5.74) is 3.99. The van der Waals surface area contributed by atoms with Gasteiger partial charge in [-0.2, -0.15) is 5.10 Å². The molecule has 0 saturated carbocycles. The number of hydrogen-bond acceptors (Lipinski definition) is 4. The highest BCUT2D eigenvalue weighted by molar-refractivity contribution is 5.94. The summed E-state index contributed by atoms with van der Waals surface area (Å²) < 4.78 is 27.8. The Bertz CT molecular complexity index is 1380. The van der Waals surface area contributed by atoms with Crippen molar-refractivity contribution in [2.24, 2.45) is 0 Å². The Labute approximate surface area is 222 Å². The number of halogens is 1. The van der Waals surface area contributed by atoms with E-state index in [0.717, 1.165) is 29.7 Å². The first-order chi connectivity index (χ1) is 18.5. The summed E-state index contributed by atoms with van der Waals surface area (Å²) in [5.74, 6) is 0.780. The van der Waals surface area contributed by atoms with E-state index in [1.807, 2.05) is 73.3 Å². The van der Waals surface area contributed by atoms with E-state index >= 15 is 0 Å². The summed E-state index contributed by atoms with van der Waals surface area (Å²) in [4.78, 5) is 15.6. The van der Waals surface area contributed by atoms with Crippen molar-refractivity contribution in [3.8, 4) is 17.3 Å². The Morgan fingerprint density at radius 3 is 2.58 bits per heavy atom. The second-order valence-corrected chi connectivity index (χ2v) is 9.58. The van der Waals surface area contributed by atoms with Crippen molar-refractivity contribution in [3.63, 3.8) is 0 Å². The number of amides is 1. The zero-order valence-corrected chi connectivity index (χ0v) is 21.8. The highest BCUT2D eigenvalue weighted by atomic mass is 19.1. The average molecular weight is 514 g/mol. The minimum Gasteiger partial charge on any atom is -0.439 e. The van der Waals surface area contributed by atoms with Crippen LogP contribution in [0, 0.1) is 12.7 Å². The topological polar surface area (TPSA) is 56.6 Å². The summed E-state index contributed by atoms with van der Waals surface area (Å²) in [6.07, 6.45) is 2.53. The van der Waals surface area contributed by atoms with Gasteiger partial charge in [-0.1, -0.05) is 37.3 Å². The van der Waals surface area contributed by atoms with Crippen LogP contribution in [0.4, 0.5) is 4.39 Å². The van der Waals surface area contributed by atoms with E-state index in [1.165, 1.54) is 12.1 Å². The Morgan fingerprint density at radius 2 is 1.89 bits per heavy atom. The van der Waals surface area contributed by atoms with Gasteiger partial charge in [0.05, 0.1) is 29.6 Å². The number of carbonyl (C=O) groups excluding carboxylic acids is 1. The van der Waals surface area contributed by atoms with Crippen molar-refractivity contribution >= 4 is 5.91 Å². The fourth-order valence-electron chi connectivity index (χ4n) is 4.78. The van der Waals surface area contributed by atoms with Gasteiger partial charge < -0.3 is 14.4 Å². The summed E-state index contributed by atoms with van der Waals surface area (Å²) in [7, 11) is 0. The molecule has 0 spiro atoms. The first kappa shape index (κ1) is 25.7. The molecule has 1 aliphatic heterocycles. The molecule has 7 heteroatoms. The molecule has 0 unspecified atom stereocenters. The van der Waals surface area contributed by atoms with Crippen molar-refractivity contribution in [3.05, 3.63) is 107 Å². The van der Waals surface area contributed by atoms with Gasteiger partial charge in [0.15, 0.2) is 0 Å². The predicted molar refractivity (Wildman–Crippen MR) is 144 cm³/mol. The molecule has 1 fully saturated rings. The van der Waals surface area contributed by atoms with Crippen molar-refractivity contribution in [2.75, 3.05) is 13.2 Å². The molecule has 5 rings (SSSR count). The Kier molecular flexibility index (Phi) is 7.84. The number of carbonyl (C=O) groups is 1. The van der Waals surface area contributed by atoms with E-state index in [1.54, 1.807) is 16.8 Å². The third kappa shape index (κ3) is 5.78. The lowest BCUT2D eigenvalue weighted by Gasteiger charge is -2.26. The van der Waals surface area contributed by atoms with Crippen LogP contribution in [0.1, 0.15) is 46.9 Å². The molecule has 0 bridgehead atoms. The van der Waals surface area contributed by atoms with E-state index in [9.17, 15) is 9.18 Å². The van der Waals surface area contributed by atoms with Gasteiger partial charge in [-0.05, 0) is 80.3 Å². The van der Waals surface area contributed by atoms with Crippen LogP contribution in [-0.4, -0.2) is 39.8 Å². The van der Waals surface area contributed by atoms with Crippen LogP contribution in [-0.2, 0) is 17.7 Å². The molecule has 1 atom stereocenters. The second kappa shape index (κ2) is 11.6. The third-order valence-electron chi connectivity index (χ3n) is 6.73. The van der Waals surface area contributed by atoms with Crippen LogP contribution < -0.4 is 4.74 Å². The highest BCUT2D eigenvalue weighted by Crippen LogP contribution is 2.33. The van der Waals surface area contributed by atoms with Crippen LogP contribution in [0.15, 0.2) is 78.9 Å². The number of nitrogens with zero attached hydrogens (tertiary/aromatic N) is 3. The second-order valence-electron chi connectivity index (χ2n) is 9.58. The standard InChI is InChI=1S/C31H32FN3O3/c1-3-29-28(21-34(20-27-13-8-18-37-27)30(36)23-10-5-4-6-11-23)31(38-26-12-7-9-22(2)19-26)35(33-29)25-16-14-24(32)15-17-25/h4-7,9-12,14-17,19,27H,3,8,13,18,20-21H2,1-2H3/t27-/m0/s1. The molecule has 2 heterocycles. The predicted octanol–water partition coefficient (Wildman–Crippen LogP) is 6.50. The minimum atomic E-state index is -0.325. The molecular weight excluding hydrogens is 481 g/mol. The number of ether oxygens (including phenoxy) is 2. The molecule has 38 heavy (non-hydrogen) atoms. The van der Waals surface area contributed by atoms with Gasteiger partial charge in [-0.3, -0.25) is 4.79 Å². The Hall–Kier alpha value is -3.97. The molecule has 1 amide bonds. The molecule has 196 valence electrons. The average Bonchev–Trinajstić information content (AvgIpc) is 3.57. The highest BCUT2D eigenvalue weighted by Gasteiger charge is 2.28. The molecule has 1 aliphatic rings. The molecule has 3 aromatic carbocycles. The maximum absolute atomic E-state index is 13.7. The zero-order valence-electron chi connectivity index (χ0n) is 21.8. The first-order valence-corrected chi connectivity index (χ1v) is 13.1. The van der Waals surface area contributed by atoms with Crippen molar-refractivity contribution < 1.29 is 18.7 Å². The van der Waals surface area contributed by atoms with Gasteiger partial charge in [0.25, 0.3) is 5.91 Å². The van der Waals surface area contributed by atoms with Crippen LogP contribution in [0.2, 0.25) is 0 Å². The fourth-order valence-corrected chi connectivity index (χ4v) is 4.78. The quantitative estimate of drug-likeness (QED) is 0.257. The number of benzene rings is 3. The molecule has 0 N–H and O–H groups in total. The molecular formula is C31H32FN3O3. The van der Waals surface area contributed by atoms with Gasteiger partial charge in [-0.25, -0.2) is 9.07 Å². The maximum atomic E-state index is 13.7. The Morgan fingerprint density at radius 1 is 1.11 bits per heavy atom. The largest absolute Gasteiger partial charge is 0.439 e. The normalized spacial score (nSPS) is 15.0. The van der Waals surface area contributed by atoms with Crippen LogP contribution >= 0.6 is 0 Å². The van der Waals surface area contributed by atoms with E-state index in [0.29, 0.717) is 49.0 Å². The SMILES string of the molecule is CCc1nn(-c2ccc(F)cc2)c(Oc2cccc(C)c2)c1CN(C[C@@H]1CCCO1)C(=O)c1ccccc1. The molecule has 0 radical (unpaired) electrons. The van der Waals surface area contributed by atoms with Crippen LogP contribution in [0.25, 0.3) is 5.69 Å². The lowest BCUT2D eigenvalue weighted by molar-refractivity contribution is 0.0505. The zero-order chi connectivity index (χ0) is 26.5. The summed E-state index contributed by atoms with van der Waals surface area (Å²) in [6, 6.07) is 23.2. The molecule has 1 saturated heterocycles. The van der Waals surface area contributed by atoms with Crippen molar-refractivity contribution in [1.82, 2.24) is 14.7 Å². The van der Waals surface area contributed by atoms with Crippen molar-refractivity contribution in [2.45, 2.75) is 45.8 Å². The van der Waals surface area contributed by atoms with Crippen LogP contribution in [0.5, 0.6) is 11.6 Å². The van der Waals surface area contributed by atoms with Crippen molar-refractivity contribution in [1.29, 1.82) is 0 Å². The lowest BCUT2D eigenvalue weighted by atomic mass is 10.1. The number of rotatable bonds is 9. The van der Waals surface area contributed by atoms with Gasteiger partial charge in [-0.15, -0.1) is 0 Å². The summed E-state index contributed by atoms with van der Waals surface area (Å²) in [6.45, 7) is 5.52. The lowest BCUT2D eigenvalue weighted by Crippen LogP contribution is -2.37. The van der Waals surface area contributed by atoms with E-state index < -0.39 is 0 Å². The number of hydrogen-bond donors (Lipinski definition) is 0. The molecule has 0 aliphatic carbocycles. The van der Waals surface area contributed by atoms with Gasteiger partial charge in [0, 0.05) is 18.7 Å². The Balaban J connectivity index is 1.58. The van der Waals surface area contributed by atoms with E-state index in [2.05, 4.69) is 0 Å². The third-order valence-corrected chi connectivity index (χ3v) is 6.73. The molecule has 6 nitrogen and oxygen atoms in total. The maximum Gasteiger partial charge on any atom is 0.254 e. The minimum absolute atomic E-state index is 0.0129. The smallest absolute Gasteiger partial charge is 0.254 e.